The number of amides is 2. The molecular formula is C25H24N6O4. The number of hydrogen-bond acceptors (Lipinski definition) is 7. The summed E-state index contributed by atoms with van der Waals surface area (Å²) in [6, 6.07) is 20.6. The number of nitro groups is 1. The molecule has 35 heavy (non-hydrogen) atoms. The molecule has 1 aliphatic heterocycles. The highest BCUT2D eigenvalue weighted by atomic mass is 16.6. The van der Waals surface area contributed by atoms with E-state index in [4.69, 9.17) is 0 Å². The van der Waals surface area contributed by atoms with Crippen LogP contribution in [0, 0.1) is 10.1 Å². The lowest BCUT2D eigenvalue weighted by Crippen LogP contribution is -2.48. The van der Waals surface area contributed by atoms with E-state index in [-0.39, 0.29) is 17.2 Å². The molecule has 0 aromatic heterocycles. The Labute approximate surface area is 202 Å². The van der Waals surface area contributed by atoms with E-state index in [1.165, 1.54) is 13.0 Å². The van der Waals surface area contributed by atoms with E-state index in [1.54, 1.807) is 41.3 Å². The number of hydrogen-bond donors (Lipinski definition) is 1. The molecule has 10 heteroatoms. The van der Waals surface area contributed by atoms with Crippen LogP contribution in [0.1, 0.15) is 17.3 Å². The molecule has 0 radical (unpaired) electrons. The van der Waals surface area contributed by atoms with Gasteiger partial charge in [-0.3, -0.25) is 19.7 Å². The second-order valence-electron chi connectivity index (χ2n) is 7.99. The number of rotatable bonds is 6. The molecule has 0 bridgehead atoms. The standard InChI is InChI=1S/C25H24N6O4/c1-18(32)29-13-15-30(16-14-29)23-12-7-19(17-24(23)31(34)35)25(33)26-20-8-10-22(11-9-20)28-27-21-5-3-2-4-6-21/h2-12,17H,13-16H2,1H3,(H,26,33). The quantitative estimate of drug-likeness (QED) is 0.310. The smallest absolute Gasteiger partial charge is 0.293 e. The zero-order valence-electron chi connectivity index (χ0n) is 19.1. The van der Waals surface area contributed by atoms with Crippen LogP contribution in [0.5, 0.6) is 0 Å². The summed E-state index contributed by atoms with van der Waals surface area (Å²) in [6.45, 7) is 3.47. The van der Waals surface area contributed by atoms with Crippen molar-refractivity contribution in [3.8, 4) is 0 Å². The van der Waals surface area contributed by atoms with Crippen LogP contribution < -0.4 is 10.2 Å². The van der Waals surface area contributed by atoms with Gasteiger partial charge in [0.2, 0.25) is 5.91 Å². The first-order valence-electron chi connectivity index (χ1n) is 11.1. The first-order valence-corrected chi connectivity index (χ1v) is 11.1. The Balaban J connectivity index is 1.44. The zero-order chi connectivity index (χ0) is 24.8. The molecule has 3 aromatic rings. The number of piperazine rings is 1. The predicted molar refractivity (Wildman–Crippen MR) is 133 cm³/mol. The second kappa shape index (κ2) is 10.6. The van der Waals surface area contributed by atoms with Gasteiger partial charge in [-0.05, 0) is 48.5 Å². The monoisotopic (exact) mass is 472 g/mol. The molecule has 0 unspecified atom stereocenters. The van der Waals surface area contributed by atoms with E-state index in [0.717, 1.165) is 5.69 Å². The number of nitrogens with one attached hydrogen (secondary N) is 1. The van der Waals surface area contributed by atoms with Crippen LogP contribution in [0.3, 0.4) is 0 Å². The van der Waals surface area contributed by atoms with Gasteiger partial charge in [-0.25, -0.2) is 0 Å². The average Bonchev–Trinajstić information content (AvgIpc) is 2.88. The van der Waals surface area contributed by atoms with E-state index in [0.29, 0.717) is 43.2 Å². The van der Waals surface area contributed by atoms with Crippen LogP contribution in [-0.2, 0) is 4.79 Å². The lowest BCUT2D eigenvalue weighted by Gasteiger charge is -2.35. The van der Waals surface area contributed by atoms with Gasteiger partial charge in [-0.15, -0.1) is 0 Å². The number of nitrogens with zero attached hydrogens (tertiary/aromatic N) is 5. The number of carbonyl (C=O) groups is 2. The summed E-state index contributed by atoms with van der Waals surface area (Å²) in [5.74, 6) is -0.474. The fraction of sp³-hybridized carbons (Fsp3) is 0.200. The molecule has 1 N–H and O–H groups in total. The zero-order valence-corrected chi connectivity index (χ0v) is 19.1. The Morgan fingerprint density at radius 2 is 1.51 bits per heavy atom. The second-order valence-corrected chi connectivity index (χ2v) is 7.99. The molecule has 1 fully saturated rings. The van der Waals surface area contributed by atoms with Crippen molar-refractivity contribution in [3.05, 3.63) is 88.5 Å². The summed E-state index contributed by atoms with van der Waals surface area (Å²) >= 11 is 0. The maximum absolute atomic E-state index is 12.8. The van der Waals surface area contributed by atoms with E-state index in [1.807, 2.05) is 35.2 Å². The summed E-state index contributed by atoms with van der Waals surface area (Å²) in [6.07, 6.45) is 0. The fourth-order valence-electron chi connectivity index (χ4n) is 3.77. The Bertz CT molecular complexity index is 1250. The van der Waals surface area contributed by atoms with Crippen molar-refractivity contribution in [1.82, 2.24) is 4.90 Å². The first-order chi connectivity index (χ1) is 16.9. The third-order valence-corrected chi connectivity index (χ3v) is 5.66. The molecule has 1 aliphatic rings. The minimum atomic E-state index is -0.490. The molecule has 1 saturated heterocycles. The number of benzene rings is 3. The van der Waals surface area contributed by atoms with Crippen molar-refractivity contribution in [3.63, 3.8) is 0 Å². The van der Waals surface area contributed by atoms with Gasteiger partial charge in [-0.1, -0.05) is 18.2 Å². The number of anilines is 2. The van der Waals surface area contributed by atoms with Gasteiger partial charge in [0.25, 0.3) is 11.6 Å². The SMILES string of the molecule is CC(=O)N1CCN(c2ccc(C(=O)Nc3ccc(N=Nc4ccccc4)cc3)cc2[N+](=O)[O-])CC1. The third-order valence-electron chi connectivity index (χ3n) is 5.66. The number of azo groups is 1. The van der Waals surface area contributed by atoms with Crippen molar-refractivity contribution in [2.24, 2.45) is 10.2 Å². The molecule has 0 saturated carbocycles. The van der Waals surface area contributed by atoms with Crippen LogP contribution in [0.25, 0.3) is 0 Å². The molecule has 0 aliphatic carbocycles. The summed E-state index contributed by atoms with van der Waals surface area (Å²) < 4.78 is 0. The number of carbonyl (C=O) groups excluding carboxylic acids is 2. The van der Waals surface area contributed by atoms with E-state index >= 15 is 0 Å². The van der Waals surface area contributed by atoms with Crippen molar-refractivity contribution in [2.75, 3.05) is 36.4 Å². The minimum Gasteiger partial charge on any atom is -0.362 e. The molecule has 178 valence electrons. The lowest BCUT2D eigenvalue weighted by molar-refractivity contribution is -0.384. The van der Waals surface area contributed by atoms with Gasteiger partial charge >= 0.3 is 0 Å². The average molecular weight is 473 g/mol. The van der Waals surface area contributed by atoms with Crippen LogP contribution in [0.2, 0.25) is 0 Å². The Hall–Kier alpha value is -4.60. The summed E-state index contributed by atoms with van der Waals surface area (Å²) in [7, 11) is 0. The summed E-state index contributed by atoms with van der Waals surface area (Å²) in [5, 5.41) is 22.8. The molecule has 4 rings (SSSR count). The fourth-order valence-corrected chi connectivity index (χ4v) is 3.77. The minimum absolute atomic E-state index is 0.0153. The Morgan fingerprint density at radius 3 is 2.11 bits per heavy atom. The van der Waals surface area contributed by atoms with E-state index < -0.39 is 10.8 Å². The maximum atomic E-state index is 12.8. The first kappa shape index (κ1) is 23.6. The van der Waals surface area contributed by atoms with E-state index in [9.17, 15) is 19.7 Å². The maximum Gasteiger partial charge on any atom is 0.293 e. The van der Waals surface area contributed by atoms with Gasteiger partial charge in [0.05, 0.1) is 16.3 Å². The topological polar surface area (TPSA) is 121 Å². The lowest BCUT2D eigenvalue weighted by atomic mass is 10.1. The molecule has 2 amide bonds. The Morgan fingerprint density at radius 1 is 0.886 bits per heavy atom. The molecular weight excluding hydrogens is 448 g/mol. The highest BCUT2D eigenvalue weighted by molar-refractivity contribution is 6.05. The van der Waals surface area contributed by atoms with E-state index in [2.05, 4.69) is 15.5 Å². The van der Waals surface area contributed by atoms with Crippen LogP contribution >= 0.6 is 0 Å². The van der Waals surface area contributed by atoms with Crippen molar-refractivity contribution in [1.29, 1.82) is 0 Å². The third kappa shape index (κ3) is 5.85. The molecule has 1 heterocycles. The molecule has 10 nitrogen and oxygen atoms in total. The van der Waals surface area contributed by atoms with Gasteiger partial charge in [-0.2, -0.15) is 10.2 Å². The summed E-state index contributed by atoms with van der Waals surface area (Å²) in [4.78, 5) is 39.1. The van der Waals surface area contributed by atoms with Gasteiger partial charge in [0.1, 0.15) is 5.69 Å². The van der Waals surface area contributed by atoms with Crippen molar-refractivity contribution in [2.45, 2.75) is 6.92 Å². The highest BCUT2D eigenvalue weighted by Crippen LogP contribution is 2.30. The van der Waals surface area contributed by atoms with Gasteiger partial charge in [0.15, 0.2) is 0 Å². The highest BCUT2D eigenvalue weighted by Gasteiger charge is 2.26. The normalized spacial score (nSPS) is 13.6. The summed E-state index contributed by atoms with van der Waals surface area (Å²) in [5.41, 5.74) is 2.34. The van der Waals surface area contributed by atoms with Crippen molar-refractivity contribution >= 4 is 40.3 Å². The predicted octanol–water partition coefficient (Wildman–Crippen LogP) is 4.93. The van der Waals surface area contributed by atoms with Crippen LogP contribution in [0.4, 0.5) is 28.4 Å². The van der Waals surface area contributed by atoms with Crippen LogP contribution in [-0.4, -0.2) is 47.8 Å². The van der Waals surface area contributed by atoms with Crippen LogP contribution in [0.15, 0.2) is 83.0 Å². The van der Waals surface area contributed by atoms with Crippen molar-refractivity contribution < 1.29 is 14.5 Å². The molecule has 0 atom stereocenters. The molecule has 0 spiro atoms. The molecule has 3 aromatic carbocycles. The Kier molecular flexibility index (Phi) is 7.10. The van der Waals surface area contributed by atoms with Gasteiger partial charge in [0, 0.05) is 50.4 Å². The van der Waals surface area contributed by atoms with Gasteiger partial charge < -0.3 is 15.1 Å². The number of nitro benzene ring substituents is 1. The largest absolute Gasteiger partial charge is 0.362 e.